The summed E-state index contributed by atoms with van der Waals surface area (Å²) in [6.45, 7) is 4.44. The number of amides is 1. The third-order valence-corrected chi connectivity index (χ3v) is 4.91. The largest absolute Gasteiger partial charge is 0.482 e. The van der Waals surface area contributed by atoms with Gasteiger partial charge < -0.3 is 14.7 Å². The molecule has 1 amide bonds. The highest BCUT2D eigenvalue weighted by molar-refractivity contribution is 5.95. The Balaban J connectivity index is 1.75. The van der Waals surface area contributed by atoms with E-state index in [2.05, 4.69) is 26.0 Å². The number of hydrogen-bond acceptors (Lipinski definition) is 3. The van der Waals surface area contributed by atoms with E-state index in [4.69, 9.17) is 9.84 Å². The highest BCUT2D eigenvalue weighted by atomic mass is 16.5. The van der Waals surface area contributed by atoms with E-state index >= 15 is 0 Å². The Hall–Kier alpha value is -2.82. The van der Waals surface area contributed by atoms with Crippen LogP contribution in [0.3, 0.4) is 0 Å². The zero-order valence-electron chi connectivity index (χ0n) is 15.0. The van der Waals surface area contributed by atoms with Gasteiger partial charge in [-0.2, -0.15) is 0 Å². The number of rotatable bonds is 5. The van der Waals surface area contributed by atoms with Gasteiger partial charge in [0.25, 0.3) is 5.91 Å². The number of carboxylic acids is 1. The van der Waals surface area contributed by atoms with E-state index in [9.17, 15) is 9.59 Å². The van der Waals surface area contributed by atoms with Gasteiger partial charge in [-0.1, -0.05) is 30.3 Å². The third kappa shape index (κ3) is 3.87. The highest BCUT2D eigenvalue weighted by Gasteiger charge is 2.34. The van der Waals surface area contributed by atoms with E-state index in [1.807, 2.05) is 17.0 Å². The molecule has 0 radical (unpaired) electrons. The van der Waals surface area contributed by atoms with Gasteiger partial charge in [-0.3, -0.25) is 4.79 Å². The lowest BCUT2D eigenvalue weighted by Crippen LogP contribution is -2.33. The van der Waals surface area contributed by atoms with E-state index in [1.54, 1.807) is 24.3 Å². The molecule has 0 aromatic heterocycles. The van der Waals surface area contributed by atoms with Crippen molar-refractivity contribution < 1.29 is 19.4 Å². The molecule has 26 heavy (non-hydrogen) atoms. The second-order valence-electron chi connectivity index (χ2n) is 6.81. The molecule has 0 spiro atoms. The van der Waals surface area contributed by atoms with Crippen LogP contribution in [0, 0.1) is 6.92 Å². The molecule has 2 unspecified atom stereocenters. The molecular weight excluding hydrogens is 330 g/mol. The maximum absolute atomic E-state index is 13.0. The lowest BCUT2D eigenvalue weighted by Gasteiger charge is -2.22. The average Bonchev–Trinajstić information content (AvgIpc) is 3.01. The first-order valence-corrected chi connectivity index (χ1v) is 8.77. The van der Waals surface area contributed by atoms with Gasteiger partial charge in [-0.05, 0) is 49.6 Å². The number of aliphatic carboxylic acids is 1. The van der Waals surface area contributed by atoms with Gasteiger partial charge in [0.15, 0.2) is 6.61 Å². The minimum atomic E-state index is -1.05. The van der Waals surface area contributed by atoms with Crippen LogP contribution in [-0.2, 0) is 4.79 Å². The maximum atomic E-state index is 13.0. The van der Waals surface area contributed by atoms with Gasteiger partial charge in [0.2, 0.25) is 0 Å². The van der Waals surface area contributed by atoms with Crippen LogP contribution in [0.25, 0.3) is 0 Å². The van der Waals surface area contributed by atoms with Crippen LogP contribution in [0.2, 0.25) is 0 Å². The molecule has 0 bridgehead atoms. The summed E-state index contributed by atoms with van der Waals surface area (Å²) in [6.07, 6.45) is 0.936. The van der Waals surface area contributed by atoms with Crippen molar-refractivity contribution in [3.63, 3.8) is 0 Å². The van der Waals surface area contributed by atoms with Crippen LogP contribution >= 0.6 is 0 Å². The number of carbonyl (C=O) groups excluding carboxylic acids is 1. The van der Waals surface area contributed by atoms with Gasteiger partial charge >= 0.3 is 5.97 Å². The van der Waals surface area contributed by atoms with Crippen molar-refractivity contribution in [1.82, 2.24) is 4.90 Å². The molecule has 1 saturated heterocycles. The summed E-state index contributed by atoms with van der Waals surface area (Å²) in [4.78, 5) is 25.5. The fourth-order valence-corrected chi connectivity index (χ4v) is 3.61. The quantitative estimate of drug-likeness (QED) is 0.894. The van der Waals surface area contributed by atoms with Crippen molar-refractivity contribution in [1.29, 1.82) is 0 Å². The normalized spacial score (nSPS) is 19.4. The number of carbonyl (C=O) groups is 2. The Morgan fingerprint density at radius 2 is 1.96 bits per heavy atom. The second kappa shape index (κ2) is 7.60. The summed E-state index contributed by atoms with van der Waals surface area (Å²) in [7, 11) is 0. The fraction of sp³-hybridized carbons (Fsp3) is 0.333. The monoisotopic (exact) mass is 353 g/mol. The first-order chi connectivity index (χ1) is 12.5. The molecule has 1 aliphatic heterocycles. The summed E-state index contributed by atoms with van der Waals surface area (Å²) < 4.78 is 5.18. The smallest absolute Gasteiger partial charge is 0.341 e. The van der Waals surface area contributed by atoms with E-state index in [0.717, 1.165) is 6.42 Å². The van der Waals surface area contributed by atoms with E-state index in [0.29, 0.717) is 23.8 Å². The topological polar surface area (TPSA) is 66.8 Å². The van der Waals surface area contributed by atoms with E-state index in [-0.39, 0.29) is 11.9 Å². The number of likely N-dealkylation sites (tertiary alicyclic amines) is 1. The fourth-order valence-electron chi connectivity index (χ4n) is 3.61. The lowest BCUT2D eigenvalue weighted by atomic mass is 9.93. The van der Waals surface area contributed by atoms with E-state index < -0.39 is 12.6 Å². The van der Waals surface area contributed by atoms with Crippen molar-refractivity contribution in [2.45, 2.75) is 32.2 Å². The van der Waals surface area contributed by atoms with E-state index in [1.165, 1.54) is 11.1 Å². The molecule has 1 fully saturated rings. The zero-order chi connectivity index (χ0) is 18.7. The van der Waals surface area contributed by atoms with Crippen LogP contribution in [0.4, 0.5) is 0 Å². The summed E-state index contributed by atoms with van der Waals surface area (Å²) in [5, 5.41) is 8.72. The molecule has 3 rings (SSSR count). The lowest BCUT2D eigenvalue weighted by molar-refractivity contribution is -0.139. The van der Waals surface area contributed by atoms with Crippen molar-refractivity contribution in [3.05, 3.63) is 65.2 Å². The predicted octanol–water partition coefficient (Wildman–Crippen LogP) is 3.48. The molecule has 0 saturated carbocycles. The van der Waals surface area contributed by atoms with Crippen molar-refractivity contribution >= 4 is 11.9 Å². The molecule has 5 nitrogen and oxygen atoms in total. The minimum absolute atomic E-state index is 0.0469. The minimum Gasteiger partial charge on any atom is -0.482 e. The Morgan fingerprint density at radius 1 is 1.19 bits per heavy atom. The summed E-state index contributed by atoms with van der Waals surface area (Å²) in [5.74, 6) is -0.368. The van der Waals surface area contributed by atoms with Crippen LogP contribution < -0.4 is 4.74 Å². The number of benzene rings is 2. The Bertz CT molecular complexity index is 817. The van der Waals surface area contributed by atoms with Crippen molar-refractivity contribution in [2.24, 2.45) is 0 Å². The first kappa shape index (κ1) is 18.0. The van der Waals surface area contributed by atoms with Crippen molar-refractivity contribution in [2.75, 3.05) is 13.2 Å². The first-order valence-electron chi connectivity index (χ1n) is 8.77. The Kier molecular flexibility index (Phi) is 5.26. The van der Waals surface area contributed by atoms with Gasteiger partial charge in [0.1, 0.15) is 5.75 Å². The zero-order valence-corrected chi connectivity index (χ0v) is 15.0. The van der Waals surface area contributed by atoms with Gasteiger partial charge in [0.05, 0.1) is 0 Å². The Labute approximate surface area is 153 Å². The maximum Gasteiger partial charge on any atom is 0.341 e. The van der Waals surface area contributed by atoms with Gasteiger partial charge in [0, 0.05) is 24.1 Å². The SMILES string of the molecule is Cc1ccccc1C1CC(C)N(C(=O)c2cccc(OCC(=O)O)c2)C1. The molecular formula is C21H23NO4. The summed E-state index contributed by atoms with van der Waals surface area (Å²) >= 11 is 0. The number of nitrogens with zero attached hydrogens (tertiary/aromatic N) is 1. The number of hydrogen-bond donors (Lipinski definition) is 1. The van der Waals surface area contributed by atoms with Crippen LogP contribution in [-0.4, -0.2) is 41.1 Å². The third-order valence-electron chi connectivity index (χ3n) is 4.91. The van der Waals surface area contributed by atoms with Crippen LogP contribution in [0.1, 0.15) is 40.7 Å². The molecule has 2 aromatic carbocycles. The Morgan fingerprint density at radius 3 is 2.69 bits per heavy atom. The molecule has 1 heterocycles. The van der Waals surface area contributed by atoms with Crippen LogP contribution in [0.5, 0.6) is 5.75 Å². The predicted molar refractivity (Wildman–Crippen MR) is 98.6 cm³/mol. The summed E-state index contributed by atoms with van der Waals surface area (Å²) in [6, 6.07) is 15.2. The molecule has 2 atom stereocenters. The molecule has 1 aliphatic rings. The second-order valence-corrected chi connectivity index (χ2v) is 6.81. The molecule has 0 aliphatic carbocycles. The molecule has 5 heteroatoms. The van der Waals surface area contributed by atoms with Crippen molar-refractivity contribution in [3.8, 4) is 5.75 Å². The van der Waals surface area contributed by atoms with Gasteiger partial charge in [-0.25, -0.2) is 4.79 Å². The number of aryl methyl sites for hydroxylation is 1. The van der Waals surface area contributed by atoms with Gasteiger partial charge in [-0.15, -0.1) is 0 Å². The highest BCUT2D eigenvalue weighted by Crippen LogP contribution is 2.34. The number of carboxylic acid groups (broad SMARTS) is 1. The molecule has 1 N–H and O–H groups in total. The molecule has 2 aromatic rings. The average molecular weight is 353 g/mol. The molecule has 136 valence electrons. The standard InChI is InChI=1S/C21H23NO4/c1-14-6-3-4-9-19(14)17-10-15(2)22(12-17)21(25)16-7-5-8-18(11-16)26-13-20(23)24/h3-9,11,15,17H,10,12-13H2,1-2H3,(H,23,24). The number of ether oxygens (including phenoxy) is 1. The summed E-state index contributed by atoms with van der Waals surface area (Å²) in [5.41, 5.74) is 3.07. The van der Waals surface area contributed by atoms with Crippen LogP contribution in [0.15, 0.2) is 48.5 Å².